The Hall–Kier alpha value is -0.860. The summed E-state index contributed by atoms with van der Waals surface area (Å²) >= 11 is 0. The van der Waals surface area contributed by atoms with Gasteiger partial charge in [0.25, 0.3) is 0 Å². The molecule has 1 N–H and O–H groups in total. The Morgan fingerprint density at radius 1 is 1.16 bits per heavy atom. The highest BCUT2D eigenvalue weighted by atomic mass is 16.3. The summed E-state index contributed by atoms with van der Waals surface area (Å²) in [5, 5.41) is 10.2. The van der Waals surface area contributed by atoms with Crippen LogP contribution in [0.1, 0.15) is 50.8 Å². The monoisotopic (exact) mass is 263 g/mol. The molecule has 1 unspecified atom stereocenters. The number of likely N-dealkylation sites (N-methyl/N-ethyl adjacent to an activating group) is 1. The van der Waals surface area contributed by atoms with Gasteiger partial charge < -0.3 is 10.0 Å². The summed E-state index contributed by atoms with van der Waals surface area (Å²) in [7, 11) is 2.08. The SMILES string of the molecule is CCCCN(C)CC(O)c1ccc(CC(C)C)cc1. The van der Waals surface area contributed by atoms with Crippen LogP contribution in [0.5, 0.6) is 0 Å². The predicted molar refractivity (Wildman–Crippen MR) is 82.3 cm³/mol. The fourth-order valence-corrected chi connectivity index (χ4v) is 2.27. The molecular weight excluding hydrogens is 234 g/mol. The molecule has 0 bridgehead atoms. The van der Waals surface area contributed by atoms with Gasteiger partial charge in [-0.05, 0) is 43.5 Å². The molecule has 1 aromatic rings. The van der Waals surface area contributed by atoms with E-state index in [4.69, 9.17) is 0 Å². The predicted octanol–water partition coefficient (Wildman–Crippen LogP) is 3.65. The highest BCUT2D eigenvalue weighted by Crippen LogP contribution is 2.16. The van der Waals surface area contributed by atoms with Crippen molar-refractivity contribution in [3.8, 4) is 0 Å². The lowest BCUT2D eigenvalue weighted by Gasteiger charge is -2.20. The topological polar surface area (TPSA) is 23.5 Å². The fraction of sp³-hybridized carbons (Fsp3) is 0.647. The molecule has 1 rings (SSSR count). The number of aliphatic hydroxyl groups is 1. The maximum absolute atomic E-state index is 10.2. The summed E-state index contributed by atoms with van der Waals surface area (Å²) in [5.74, 6) is 0.677. The second-order valence-corrected chi connectivity index (χ2v) is 5.97. The van der Waals surface area contributed by atoms with Crippen LogP contribution in [0.3, 0.4) is 0 Å². The van der Waals surface area contributed by atoms with E-state index in [2.05, 4.69) is 57.0 Å². The zero-order valence-electron chi connectivity index (χ0n) is 12.9. The summed E-state index contributed by atoms with van der Waals surface area (Å²) in [6, 6.07) is 8.42. The highest BCUT2D eigenvalue weighted by molar-refractivity contribution is 5.24. The molecule has 0 aromatic heterocycles. The quantitative estimate of drug-likeness (QED) is 0.774. The molecule has 1 aromatic carbocycles. The first-order chi connectivity index (χ1) is 9.02. The number of aliphatic hydroxyl groups excluding tert-OH is 1. The van der Waals surface area contributed by atoms with E-state index in [1.807, 2.05) is 0 Å². The zero-order chi connectivity index (χ0) is 14.3. The van der Waals surface area contributed by atoms with Crippen molar-refractivity contribution in [1.82, 2.24) is 4.90 Å². The van der Waals surface area contributed by atoms with Gasteiger partial charge in [0.15, 0.2) is 0 Å². The second kappa shape index (κ2) is 8.34. The van der Waals surface area contributed by atoms with Crippen LogP contribution in [0, 0.1) is 5.92 Å². The summed E-state index contributed by atoms with van der Waals surface area (Å²) in [4.78, 5) is 2.20. The second-order valence-electron chi connectivity index (χ2n) is 5.97. The minimum atomic E-state index is -0.380. The Morgan fingerprint density at radius 3 is 2.32 bits per heavy atom. The van der Waals surface area contributed by atoms with E-state index < -0.39 is 0 Å². The van der Waals surface area contributed by atoms with Gasteiger partial charge in [0.1, 0.15) is 0 Å². The Kier molecular flexibility index (Phi) is 7.11. The average Bonchev–Trinajstić information content (AvgIpc) is 2.36. The number of rotatable bonds is 8. The molecule has 0 aliphatic carbocycles. The Balaban J connectivity index is 2.50. The van der Waals surface area contributed by atoms with Gasteiger partial charge in [-0.2, -0.15) is 0 Å². The molecule has 1 atom stereocenters. The Morgan fingerprint density at radius 2 is 1.79 bits per heavy atom. The first-order valence-corrected chi connectivity index (χ1v) is 7.48. The number of benzene rings is 1. The summed E-state index contributed by atoms with van der Waals surface area (Å²) in [6.45, 7) is 8.41. The third-order valence-electron chi connectivity index (χ3n) is 3.39. The largest absolute Gasteiger partial charge is 0.387 e. The molecule has 0 fully saturated rings. The molecule has 2 heteroatoms. The van der Waals surface area contributed by atoms with Gasteiger partial charge >= 0.3 is 0 Å². The maximum atomic E-state index is 10.2. The lowest BCUT2D eigenvalue weighted by Crippen LogP contribution is -2.25. The van der Waals surface area contributed by atoms with Gasteiger partial charge in [-0.3, -0.25) is 0 Å². The molecule has 0 radical (unpaired) electrons. The van der Waals surface area contributed by atoms with Gasteiger partial charge in [-0.15, -0.1) is 0 Å². The van der Waals surface area contributed by atoms with Crippen LogP contribution in [0.2, 0.25) is 0 Å². The van der Waals surface area contributed by atoms with Crippen molar-refractivity contribution in [1.29, 1.82) is 0 Å². The van der Waals surface area contributed by atoms with Crippen LogP contribution < -0.4 is 0 Å². The molecule has 0 saturated carbocycles. The van der Waals surface area contributed by atoms with E-state index in [9.17, 15) is 5.11 Å². The molecule has 19 heavy (non-hydrogen) atoms. The molecule has 0 saturated heterocycles. The van der Waals surface area contributed by atoms with Crippen LogP contribution in [-0.4, -0.2) is 30.1 Å². The van der Waals surface area contributed by atoms with E-state index in [1.54, 1.807) is 0 Å². The summed E-state index contributed by atoms with van der Waals surface area (Å²) in [5.41, 5.74) is 2.38. The van der Waals surface area contributed by atoms with Gasteiger partial charge in [0.05, 0.1) is 6.10 Å². The van der Waals surface area contributed by atoms with Gasteiger partial charge in [-0.25, -0.2) is 0 Å². The molecule has 0 aliphatic heterocycles. The smallest absolute Gasteiger partial charge is 0.0916 e. The molecule has 0 amide bonds. The molecular formula is C17H29NO. The van der Waals surface area contributed by atoms with Crippen molar-refractivity contribution >= 4 is 0 Å². The van der Waals surface area contributed by atoms with Crippen molar-refractivity contribution in [2.45, 2.75) is 46.1 Å². The number of hydrogen-bond acceptors (Lipinski definition) is 2. The standard InChI is InChI=1S/C17H29NO/c1-5-6-11-18(4)13-17(19)16-9-7-15(8-10-16)12-14(2)3/h7-10,14,17,19H,5-6,11-13H2,1-4H3. The molecule has 2 nitrogen and oxygen atoms in total. The van der Waals surface area contributed by atoms with Crippen molar-refractivity contribution in [2.75, 3.05) is 20.1 Å². The van der Waals surface area contributed by atoms with Gasteiger partial charge in [0.2, 0.25) is 0 Å². The van der Waals surface area contributed by atoms with E-state index >= 15 is 0 Å². The zero-order valence-corrected chi connectivity index (χ0v) is 12.9. The first-order valence-electron chi connectivity index (χ1n) is 7.48. The van der Waals surface area contributed by atoms with Crippen LogP contribution >= 0.6 is 0 Å². The van der Waals surface area contributed by atoms with Crippen LogP contribution in [-0.2, 0) is 6.42 Å². The van der Waals surface area contributed by atoms with Crippen molar-refractivity contribution in [3.05, 3.63) is 35.4 Å². The van der Waals surface area contributed by atoms with Crippen LogP contribution in [0.25, 0.3) is 0 Å². The maximum Gasteiger partial charge on any atom is 0.0916 e. The van der Waals surface area contributed by atoms with Crippen LogP contribution in [0.4, 0.5) is 0 Å². The Labute approximate surface area is 118 Å². The van der Waals surface area contributed by atoms with Crippen LogP contribution in [0.15, 0.2) is 24.3 Å². The van der Waals surface area contributed by atoms with E-state index in [0.717, 1.165) is 18.5 Å². The highest BCUT2D eigenvalue weighted by Gasteiger charge is 2.10. The number of nitrogens with zero attached hydrogens (tertiary/aromatic N) is 1. The lowest BCUT2D eigenvalue weighted by atomic mass is 10.00. The minimum absolute atomic E-state index is 0.380. The third-order valence-corrected chi connectivity index (χ3v) is 3.39. The molecule has 0 spiro atoms. The van der Waals surface area contributed by atoms with Gasteiger partial charge in [-0.1, -0.05) is 51.5 Å². The van der Waals surface area contributed by atoms with Crippen molar-refractivity contribution < 1.29 is 5.11 Å². The van der Waals surface area contributed by atoms with Gasteiger partial charge in [0, 0.05) is 6.54 Å². The van der Waals surface area contributed by atoms with E-state index in [-0.39, 0.29) is 6.10 Å². The van der Waals surface area contributed by atoms with Crippen molar-refractivity contribution in [2.24, 2.45) is 5.92 Å². The molecule has 0 aliphatic rings. The lowest BCUT2D eigenvalue weighted by molar-refractivity contribution is 0.126. The fourth-order valence-electron chi connectivity index (χ4n) is 2.27. The number of hydrogen-bond donors (Lipinski definition) is 1. The normalized spacial score (nSPS) is 13.2. The Bertz CT molecular complexity index is 345. The summed E-state index contributed by atoms with van der Waals surface area (Å²) < 4.78 is 0. The minimum Gasteiger partial charge on any atom is -0.387 e. The van der Waals surface area contributed by atoms with E-state index in [0.29, 0.717) is 12.5 Å². The molecule has 0 heterocycles. The third kappa shape index (κ3) is 6.22. The van der Waals surface area contributed by atoms with Crippen molar-refractivity contribution in [3.63, 3.8) is 0 Å². The average molecular weight is 263 g/mol. The first kappa shape index (κ1) is 16.2. The summed E-state index contributed by atoms with van der Waals surface area (Å²) in [6.07, 6.45) is 3.11. The van der Waals surface area contributed by atoms with E-state index in [1.165, 1.54) is 18.4 Å². The number of unbranched alkanes of at least 4 members (excludes halogenated alkanes) is 1. The molecule has 108 valence electrons.